The maximum atomic E-state index is 12.4. The fourth-order valence-corrected chi connectivity index (χ4v) is 2.40. The quantitative estimate of drug-likeness (QED) is 0.896. The third kappa shape index (κ3) is 4.08. The standard InChI is InChI=1S/C16H13F3N4O3/c17-16(18,19)26-13-4-2-1-3-11(13)22-14(24)10-8-23(9-10)15(25)12-7-20-5-6-21-12/h1-7,10H,8-9H2,(H,22,24). The number of alkyl halides is 3. The van der Waals surface area contributed by atoms with Gasteiger partial charge in [-0.3, -0.25) is 14.6 Å². The third-order valence-electron chi connectivity index (χ3n) is 3.69. The number of hydrogen-bond donors (Lipinski definition) is 1. The average Bonchev–Trinajstić information content (AvgIpc) is 2.54. The number of aromatic nitrogens is 2. The highest BCUT2D eigenvalue weighted by Crippen LogP contribution is 2.31. The summed E-state index contributed by atoms with van der Waals surface area (Å²) >= 11 is 0. The van der Waals surface area contributed by atoms with Gasteiger partial charge in [0.25, 0.3) is 5.91 Å². The summed E-state index contributed by atoms with van der Waals surface area (Å²) in [7, 11) is 0. The Morgan fingerprint density at radius 3 is 2.58 bits per heavy atom. The number of ether oxygens (including phenoxy) is 1. The summed E-state index contributed by atoms with van der Waals surface area (Å²) in [6.07, 6.45) is -0.726. The van der Waals surface area contributed by atoms with Gasteiger partial charge in [-0.25, -0.2) is 4.98 Å². The second-order valence-electron chi connectivity index (χ2n) is 5.53. The molecule has 1 aliphatic rings. The molecule has 26 heavy (non-hydrogen) atoms. The Kier molecular flexibility index (Phi) is 4.74. The molecule has 10 heteroatoms. The molecule has 2 heterocycles. The number of amides is 2. The number of carbonyl (C=O) groups is 2. The zero-order valence-corrected chi connectivity index (χ0v) is 13.2. The van der Waals surface area contributed by atoms with Crippen LogP contribution in [0, 0.1) is 5.92 Å². The minimum absolute atomic E-state index is 0.0893. The highest BCUT2D eigenvalue weighted by atomic mass is 19.4. The molecule has 0 spiro atoms. The molecule has 0 unspecified atom stereocenters. The lowest BCUT2D eigenvalue weighted by Crippen LogP contribution is -2.54. The van der Waals surface area contributed by atoms with Crippen molar-refractivity contribution in [3.8, 4) is 5.75 Å². The third-order valence-corrected chi connectivity index (χ3v) is 3.69. The first kappa shape index (κ1) is 17.6. The van der Waals surface area contributed by atoms with Gasteiger partial charge >= 0.3 is 6.36 Å². The summed E-state index contributed by atoms with van der Waals surface area (Å²) < 4.78 is 41.1. The Morgan fingerprint density at radius 2 is 1.92 bits per heavy atom. The van der Waals surface area contributed by atoms with Gasteiger partial charge < -0.3 is 15.0 Å². The van der Waals surface area contributed by atoms with Crippen molar-refractivity contribution in [3.05, 3.63) is 48.5 Å². The lowest BCUT2D eigenvalue weighted by atomic mass is 9.98. The van der Waals surface area contributed by atoms with Crippen LogP contribution in [0.2, 0.25) is 0 Å². The Morgan fingerprint density at radius 1 is 1.19 bits per heavy atom. The summed E-state index contributed by atoms with van der Waals surface area (Å²) in [5.74, 6) is -1.89. The molecular weight excluding hydrogens is 353 g/mol. The molecule has 136 valence electrons. The molecule has 1 fully saturated rings. The number of likely N-dealkylation sites (tertiary alicyclic amines) is 1. The predicted octanol–water partition coefficient (Wildman–Crippen LogP) is 2.09. The Bertz CT molecular complexity index is 808. The van der Waals surface area contributed by atoms with Gasteiger partial charge in [0.1, 0.15) is 5.69 Å². The fraction of sp³-hybridized carbons (Fsp3) is 0.250. The molecule has 1 saturated heterocycles. The molecule has 1 aromatic carbocycles. The van der Waals surface area contributed by atoms with Gasteiger partial charge in [-0.05, 0) is 12.1 Å². The van der Waals surface area contributed by atoms with Crippen molar-refractivity contribution in [2.45, 2.75) is 6.36 Å². The zero-order chi connectivity index (χ0) is 18.7. The number of benzene rings is 1. The van der Waals surface area contributed by atoms with Crippen LogP contribution < -0.4 is 10.1 Å². The van der Waals surface area contributed by atoms with Crippen molar-refractivity contribution >= 4 is 17.5 Å². The maximum absolute atomic E-state index is 12.4. The number of nitrogens with one attached hydrogen (secondary N) is 1. The van der Waals surface area contributed by atoms with Crippen LogP contribution in [0.5, 0.6) is 5.75 Å². The molecule has 0 atom stereocenters. The van der Waals surface area contributed by atoms with Crippen molar-refractivity contribution in [1.82, 2.24) is 14.9 Å². The van der Waals surface area contributed by atoms with Crippen LogP contribution in [-0.4, -0.2) is 46.1 Å². The van der Waals surface area contributed by atoms with E-state index in [1.807, 2.05) is 0 Å². The van der Waals surface area contributed by atoms with Crippen LogP contribution in [0.25, 0.3) is 0 Å². The number of carbonyl (C=O) groups excluding carboxylic acids is 2. The number of para-hydroxylation sites is 2. The first-order valence-corrected chi connectivity index (χ1v) is 7.54. The van der Waals surface area contributed by atoms with Crippen molar-refractivity contribution in [2.24, 2.45) is 5.92 Å². The molecule has 3 rings (SSSR count). The summed E-state index contributed by atoms with van der Waals surface area (Å²) in [4.78, 5) is 33.4. The molecule has 0 radical (unpaired) electrons. The van der Waals surface area contributed by atoms with Crippen molar-refractivity contribution in [2.75, 3.05) is 18.4 Å². The number of rotatable bonds is 4. The van der Waals surface area contributed by atoms with Gasteiger partial charge in [-0.1, -0.05) is 12.1 Å². The van der Waals surface area contributed by atoms with Gasteiger partial charge in [-0.2, -0.15) is 0 Å². The minimum Gasteiger partial charge on any atom is -0.404 e. The highest BCUT2D eigenvalue weighted by molar-refractivity contribution is 5.98. The summed E-state index contributed by atoms with van der Waals surface area (Å²) in [6.45, 7) is 0.285. The largest absolute Gasteiger partial charge is 0.573 e. The van der Waals surface area contributed by atoms with Crippen molar-refractivity contribution < 1.29 is 27.5 Å². The van der Waals surface area contributed by atoms with E-state index < -0.39 is 23.9 Å². The lowest BCUT2D eigenvalue weighted by Gasteiger charge is -2.37. The van der Waals surface area contributed by atoms with Crippen LogP contribution in [0.1, 0.15) is 10.5 Å². The molecule has 0 saturated carbocycles. The van der Waals surface area contributed by atoms with Crippen LogP contribution in [0.15, 0.2) is 42.9 Å². The molecular formula is C16H13F3N4O3. The topological polar surface area (TPSA) is 84.4 Å². The van der Waals surface area contributed by atoms with Gasteiger partial charge in [0.05, 0.1) is 17.8 Å². The van der Waals surface area contributed by atoms with Gasteiger partial charge in [0, 0.05) is 25.5 Å². The first-order valence-electron chi connectivity index (χ1n) is 7.54. The molecule has 7 nitrogen and oxygen atoms in total. The monoisotopic (exact) mass is 366 g/mol. The average molecular weight is 366 g/mol. The first-order chi connectivity index (χ1) is 12.3. The van der Waals surface area contributed by atoms with Crippen LogP contribution >= 0.6 is 0 Å². The molecule has 1 N–H and O–H groups in total. The Labute approximate surface area is 145 Å². The molecule has 2 aromatic rings. The molecule has 0 bridgehead atoms. The summed E-state index contributed by atoms with van der Waals surface area (Å²) in [6, 6.07) is 5.25. The van der Waals surface area contributed by atoms with E-state index in [1.54, 1.807) is 0 Å². The van der Waals surface area contributed by atoms with E-state index in [0.29, 0.717) is 0 Å². The van der Waals surface area contributed by atoms with Gasteiger partial charge in [-0.15, -0.1) is 13.2 Å². The van der Waals surface area contributed by atoms with E-state index >= 15 is 0 Å². The smallest absolute Gasteiger partial charge is 0.404 e. The van der Waals surface area contributed by atoms with Crippen LogP contribution in [0.3, 0.4) is 0 Å². The zero-order valence-electron chi connectivity index (χ0n) is 13.2. The number of nitrogens with zero attached hydrogens (tertiary/aromatic N) is 3. The van der Waals surface area contributed by atoms with E-state index in [1.165, 1.54) is 41.7 Å². The SMILES string of the molecule is O=C(Nc1ccccc1OC(F)(F)F)C1CN(C(=O)c2cnccn2)C1. The molecule has 1 aliphatic heterocycles. The molecule has 2 amide bonds. The van der Waals surface area contributed by atoms with E-state index in [2.05, 4.69) is 20.0 Å². The highest BCUT2D eigenvalue weighted by Gasteiger charge is 2.37. The second kappa shape index (κ2) is 6.98. The number of halogens is 3. The summed E-state index contributed by atoms with van der Waals surface area (Å²) in [5.41, 5.74) is 0.0730. The number of anilines is 1. The minimum atomic E-state index is -4.86. The van der Waals surface area contributed by atoms with Gasteiger partial charge in [0.15, 0.2) is 5.75 Å². The van der Waals surface area contributed by atoms with E-state index in [-0.39, 0.29) is 30.4 Å². The molecule has 1 aromatic heterocycles. The van der Waals surface area contributed by atoms with Crippen molar-refractivity contribution in [3.63, 3.8) is 0 Å². The second-order valence-corrected chi connectivity index (χ2v) is 5.53. The lowest BCUT2D eigenvalue weighted by molar-refractivity contribution is -0.274. The Balaban J connectivity index is 1.59. The predicted molar refractivity (Wildman–Crippen MR) is 83.2 cm³/mol. The normalized spacial score (nSPS) is 14.5. The Hall–Kier alpha value is -3.17. The molecule has 0 aliphatic carbocycles. The number of hydrogen-bond acceptors (Lipinski definition) is 5. The van der Waals surface area contributed by atoms with E-state index in [4.69, 9.17) is 0 Å². The van der Waals surface area contributed by atoms with E-state index in [9.17, 15) is 22.8 Å². The maximum Gasteiger partial charge on any atom is 0.573 e. The summed E-state index contributed by atoms with van der Waals surface area (Å²) in [5, 5.41) is 2.40. The fourth-order valence-electron chi connectivity index (χ4n) is 2.40. The van der Waals surface area contributed by atoms with Crippen molar-refractivity contribution in [1.29, 1.82) is 0 Å². The van der Waals surface area contributed by atoms with Crippen LogP contribution in [0.4, 0.5) is 18.9 Å². The van der Waals surface area contributed by atoms with Crippen LogP contribution in [-0.2, 0) is 4.79 Å². The van der Waals surface area contributed by atoms with Gasteiger partial charge in [0.2, 0.25) is 5.91 Å². The van der Waals surface area contributed by atoms with E-state index in [0.717, 1.165) is 6.07 Å².